The summed E-state index contributed by atoms with van der Waals surface area (Å²) >= 11 is 0. The van der Waals surface area contributed by atoms with Crippen LogP contribution in [0.5, 0.6) is 0 Å². The van der Waals surface area contributed by atoms with Gasteiger partial charge in [0.1, 0.15) is 5.25 Å². The molecular formula is C11H14N4O2S. The average molecular weight is 266 g/mol. The molecule has 0 saturated carbocycles. The molecule has 2 N–H and O–H groups in total. The maximum absolute atomic E-state index is 12.0. The lowest BCUT2D eigenvalue weighted by atomic mass is 10.1. The van der Waals surface area contributed by atoms with Gasteiger partial charge in [0.05, 0.1) is 29.5 Å². The van der Waals surface area contributed by atoms with E-state index in [9.17, 15) is 8.42 Å². The topological polar surface area (TPSA) is 90.3 Å². The monoisotopic (exact) mass is 266 g/mol. The Kier molecular flexibility index (Phi) is 2.51. The number of nitrogens with two attached hydrogens (primary N) is 1. The quantitative estimate of drug-likeness (QED) is 0.830. The van der Waals surface area contributed by atoms with E-state index in [0.29, 0.717) is 23.4 Å². The largest absolute Gasteiger partial charge is 0.396 e. The SMILES string of the molecule is Nc1cnc2cc(C3CCCCS3(=O)=O)nn2c1. The number of nitrogen functional groups attached to an aromatic ring is 1. The van der Waals surface area contributed by atoms with E-state index in [2.05, 4.69) is 10.1 Å². The minimum Gasteiger partial charge on any atom is -0.396 e. The predicted molar refractivity (Wildman–Crippen MR) is 67.8 cm³/mol. The molecule has 0 bridgehead atoms. The van der Waals surface area contributed by atoms with Crippen LogP contribution in [0.1, 0.15) is 30.2 Å². The molecule has 96 valence electrons. The molecule has 0 aromatic carbocycles. The molecule has 18 heavy (non-hydrogen) atoms. The number of nitrogens with zero attached hydrogens (tertiary/aromatic N) is 3. The Hall–Kier alpha value is -1.63. The highest BCUT2D eigenvalue weighted by atomic mass is 32.2. The van der Waals surface area contributed by atoms with Crippen LogP contribution in [0.15, 0.2) is 18.5 Å². The summed E-state index contributed by atoms with van der Waals surface area (Å²) in [5, 5.41) is 3.80. The number of fused-ring (bicyclic) bond motifs is 1. The van der Waals surface area contributed by atoms with Crippen molar-refractivity contribution in [2.45, 2.75) is 24.5 Å². The van der Waals surface area contributed by atoms with Crippen LogP contribution < -0.4 is 5.73 Å². The van der Waals surface area contributed by atoms with Crippen molar-refractivity contribution in [2.75, 3.05) is 11.5 Å². The normalized spacial score (nSPS) is 23.2. The van der Waals surface area contributed by atoms with E-state index in [1.807, 2.05) is 0 Å². The first-order valence-electron chi connectivity index (χ1n) is 5.89. The Balaban J connectivity index is 2.08. The van der Waals surface area contributed by atoms with E-state index in [-0.39, 0.29) is 5.75 Å². The maximum Gasteiger partial charge on any atom is 0.158 e. The van der Waals surface area contributed by atoms with Gasteiger partial charge in [-0.3, -0.25) is 0 Å². The van der Waals surface area contributed by atoms with E-state index in [1.54, 1.807) is 12.3 Å². The van der Waals surface area contributed by atoms with Gasteiger partial charge in [0.2, 0.25) is 0 Å². The zero-order chi connectivity index (χ0) is 12.8. The Labute approximate surface area is 105 Å². The zero-order valence-corrected chi connectivity index (χ0v) is 10.6. The van der Waals surface area contributed by atoms with Crippen molar-refractivity contribution in [3.63, 3.8) is 0 Å². The van der Waals surface area contributed by atoms with Crippen molar-refractivity contribution in [3.05, 3.63) is 24.2 Å². The first-order chi connectivity index (χ1) is 8.56. The van der Waals surface area contributed by atoms with Crippen molar-refractivity contribution < 1.29 is 8.42 Å². The lowest BCUT2D eigenvalue weighted by Gasteiger charge is -2.20. The molecule has 0 spiro atoms. The van der Waals surface area contributed by atoms with Gasteiger partial charge in [-0.2, -0.15) is 5.10 Å². The number of aromatic nitrogens is 3. The summed E-state index contributed by atoms with van der Waals surface area (Å²) < 4.78 is 25.6. The molecule has 7 heteroatoms. The predicted octanol–water partition coefficient (Wildman–Crippen LogP) is 0.951. The number of hydrogen-bond donors (Lipinski definition) is 1. The molecular weight excluding hydrogens is 252 g/mol. The second-order valence-electron chi connectivity index (χ2n) is 4.61. The van der Waals surface area contributed by atoms with Gasteiger partial charge in [0.25, 0.3) is 0 Å². The average Bonchev–Trinajstić information content (AvgIpc) is 2.70. The first kappa shape index (κ1) is 11.5. The maximum atomic E-state index is 12.0. The molecule has 6 nitrogen and oxygen atoms in total. The van der Waals surface area contributed by atoms with E-state index >= 15 is 0 Å². The van der Waals surface area contributed by atoms with Crippen LogP contribution in [-0.2, 0) is 9.84 Å². The standard InChI is InChI=1S/C11H14N4O2S/c12-8-6-13-11-5-9(14-15(11)7-8)10-3-1-2-4-18(10,16)17/h5-7,10H,1-4,12H2. The van der Waals surface area contributed by atoms with Crippen molar-refractivity contribution >= 4 is 21.2 Å². The van der Waals surface area contributed by atoms with Gasteiger partial charge in [-0.25, -0.2) is 17.9 Å². The van der Waals surface area contributed by atoms with Crippen molar-refractivity contribution in [2.24, 2.45) is 0 Å². The first-order valence-corrected chi connectivity index (χ1v) is 7.60. The van der Waals surface area contributed by atoms with Crippen molar-refractivity contribution in [1.82, 2.24) is 14.6 Å². The van der Waals surface area contributed by atoms with E-state index in [0.717, 1.165) is 12.8 Å². The summed E-state index contributed by atoms with van der Waals surface area (Å²) in [5.41, 5.74) is 7.33. The molecule has 1 fully saturated rings. The Morgan fingerprint density at radius 2 is 2.22 bits per heavy atom. The van der Waals surface area contributed by atoms with Crippen molar-refractivity contribution in [1.29, 1.82) is 0 Å². The van der Waals surface area contributed by atoms with Gasteiger partial charge in [-0.1, -0.05) is 6.42 Å². The van der Waals surface area contributed by atoms with E-state index in [4.69, 9.17) is 5.73 Å². The molecule has 1 atom stereocenters. The van der Waals surface area contributed by atoms with Gasteiger partial charge < -0.3 is 5.73 Å². The molecule has 0 radical (unpaired) electrons. The fourth-order valence-electron chi connectivity index (χ4n) is 2.35. The summed E-state index contributed by atoms with van der Waals surface area (Å²) in [6.07, 6.45) is 5.49. The number of anilines is 1. The van der Waals surface area contributed by atoms with Gasteiger partial charge in [-0.05, 0) is 12.8 Å². The Morgan fingerprint density at radius 3 is 3.00 bits per heavy atom. The highest BCUT2D eigenvalue weighted by Gasteiger charge is 2.32. The van der Waals surface area contributed by atoms with Crippen LogP contribution in [0.25, 0.3) is 5.65 Å². The fraction of sp³-hybridized carbons (Fsp3) is 0.455. The molecule has 3 rings (SSSR count). The molecule has 1 aliphatic heterocycles. The van der Waals surface area contributed by atoms with Gasteiger partial charge >= 0.3 is 0 Å². The van der Waals surface area contributed by atoms with Crippen LogP contribution in [0.4, 0.5) is 5.69 Å². The smallest absolute Gasteiger partial charge is 0.158 e. The summed E-state index contributed by atoms with van der Waals surface area (Å²) in [4.78, 5) is 4.12. The molecule has 1 unspecified atom stereocenters. The highest BCUT2D eigenvalue weighted by Crippen LogP contribution is 2.32. The second-order valence-corrected chi connectivity index (χ2v) is 6.91. The molecule has 2 aromatic heterocycles. The molecule has 0 amide bonds. The van der Waals surface area contributed by atoms with E-state index in [1.165, 1.54) is 10.7 Å². The van der Waals surface area contributed by atoms with Crippen LogP contribution in [0, 0.1) is 0 Å². The zero-order valence-electron chi connectivity index (χ0n) is 9.78. The van der Waals surface area contributed by atoms with Crippen LogP contribution in [-0.4, -0.2) is 28.8 Å². The van der Waals surface area contributed by atoms with Crippen LogP contribution >= 0.6 is 0 Å². The van der Waals surface area contributed by atoms with Crippen LogP contribution in [0.3, 0.4) is 0 Å². The number of sulfone groups is 1. The lowest BCUT2D eigenvalue weighted by Crippen LogP contribution is -2.21. The fourth-order valence-corrected chi connectivity index (χ4v) is 4.25. The second kappa shape index (κ2) is 3.94. The number of hydrogen-bond acceptors (Lipinski definition) is 5. The van der Waals surface area contributed by atoms with Gasteiger partial charge in [0, 0.05) is 6.07 Å². The molecule has 2 aromatic rings. The minimum atomic E-state index is -3.07. The third-order valence-electron chi connectivity index (χ3n) is 3.26. The highest BCUT2D eigenvalue weighted by molar-refractivity contribution is 7.91. The molecule has 1 aliphatic rings. The van der Waals surface area contributed by atoms with Crippen molar-refractivity contribution in [3.8, 4) is 0 Å². The summed E-state index contributed by atoms with van der Waals surface area (Å²) in [5.74, 6) is 0.251. The van der Waals surface area contributed by atoms with E-state index < -0.39 is 15.1 Å². The minimum absolute atomic E-state index is 0.251. The summed E-state index contributed by atoms with van der Waals surface area (Å²) in [6.45, 7) is 0. The third-order valence-corrected chi connectivity index (χ3v) is 5.46. The Bertz CT molecular complexity index is 692. The third kappa shape index (κ3) is 1.84. The Morgan fingerprint density at radius 1 is 1.39 bits per heavy atom. The summed E-state index contributed by atoms with van der Waals surface area (Å²) in [6, 6.07) is 1.73. The van der Waals surface area contributed by atoms with Gasteiger partial charge in [-0.15, -0.1) is 0 Å². The lowest BCUT2D eigenvalue weighted by molar-refractivity contribution is 0.541. The summed E-state index contributed by atoms with van der Waals surface area (Å²) in [7, 11) is -3.07. The molecule has 1 saturated heterocycles. The van der Waals surface area contributed by atoms with Gasteiger partial charge in [0.15, 0.2) is 15.5 Å². The molecule has 3 heterocycles. The van der Waals surface area contributed by atoms with Crippen LogP contribution in [0.2, 0.25) is 0 Å². The number of rotatable bonds is 1. The molecule has 0 aliphatic carbocycles.